The molecule has 1 aromatic carbocycles. The zero-order valence-corrected chi connectivity index (χ0v) is 14.3. The van der Waals surface area contributed by atoms with Gasteiger partial charge in [-0.25, -0.2) is 4.79 Å². The van der Waals surface area contributed by atoms with E-state index in [9.17, 15) is 14.4 Å². The lowest BCUT2D eigenvalue weighted by molar-refractivity contribution is -0.142. The number of hydrogen-bond donors (Lipinski definition) is 3. The minimum absolute atomic E-state index is 0.0395. The lowest BCUT2D eigenvalue weighted by Crippen LogP contribution is -2.45. The van der Waals surface area contributed by atoms with Crippen molar-refractivity contribution in [2.45, 2.75) is 26.8 Å². The fraction of sp³-hybridized carbons (Fsp3) is 0.438. The van der Waals surface area contributed by atoms with Crippen LogP contribution in [0.3, 0.4) is 0 Å². The number of amides is 2. The number of anilines is 1. The third-order valence-electron chi connectivity index (χ3n) is 3.05. The van der Waals surface area contributed by atoms with Crippen LogP contribution in [0.15, 0.2) is 24.3 Å². The zero-order chi connectivity index (χ0) is 17.4. The molecule has 0 saturated heterocycles. The molecule has 126 valence electrons. The summed E-state index contributed by atoms with van der Waals surface area (Å²) in [5.41, 5.74) is 1.81. The van der Waals surface area contributed by atoms with Crippen molar-refractivity contribution in [1.82, 2.24) is 5.32 Å². The van der Waals surface area contributed by atoms with Crippen molar-refractivity contribution in [3.8, 4) is 0 Å². The van der Waals surface area contributed by atoms with Crippen LogP contribution in [-0.4, -0.2) is 40.4 Å². The number of carboxylic acid groups (broad SMARTS) is 1. The van der Waals surface area contributed by atoms with Gasteiger partial charge < -0.3 is 15.7 Å². The van der Waals surface area contributed by atoms with E-state index in [1.807, 2.05) is 31.2 Å². The number of carbonyl (C=O) groups is 3. The predicted molar refractivity (Wildman–Crippen MR) is 91.5 cm³/mol. The lowest BCUT2D eigenvalue weighted by Gasteiger charge is -2.17. The molecule has 0 aliphatic heterocycles. The average Bonchev–Trinajstić information content (AvgIpc) is 2.46. The molecular weight excluding hydrogens is 316 g/mol. The summed E-state index contributed by atoms with van der Waals surface area (Å²) in [5, 5.41) is 14.2. The number of aliphatic carboxylic acids is 1. The van der Waals surface area contributed by atoms with E-state index in [0.29, 0.717) is 5.69 Å². The fourth-order valence-corrected chi connectivity index (χ4v) is 2.43. The lowest BCUT2D eigenvalue weighted by atomic mass is 10.1. The summed E-state index contributed by atoms with van der Waals surface area (Å²) < 4.78 is 0. The summed E-state index contributed by atoms with van der Waals surface area (Å²) in [7, 11) is 0. The van der Waals surface area contributed by atoms with Gasteiger partial charge in [0.25, 0.3) is 0 Å². The average molecular weight is 338 g/mol. The highest BCUT2D eigenvalue weighted by molar-refractivity contribution is 8.00. The number of rotatable bonds is 8. The number of aryl methyl sites for hydroxylation is 1. The molecule has 0 fully saturated rings. The van der Waals surface area contributed by atoms with Gasteiger partial charge in [0.2, 0.25) is 11.8 Å². The Morgan fingerprint density at radius 1 is 1.09 bits per heavy atom. The van der Waals surface area contributed by atoms with Crippen LogP contribution in [0.4, 0.5) is 5.69 Å². The Balaban J connectivity index is 2.32. The van der Waals surface area contributed by atoms with Crippen LogP contribution in [0.1, 0.15) is 19.4 Å². The maximum atomic E-state index is 11.8. The Labute approximate surface area is 140 Å². The molecule has 0 saturated carbocycles. The molecule has 6 nitrogen and oxygen atoms in total. The quantitative estimate of drug-likeness (QED) is 0.673. The Morgan fingerprint density at radius 3 is 2.17 bits per heavy atom. The first-order chi connectivity index (χ1) is 10.8. The second-order valence-corrected chi connectivity index (χ2v) is 6.52. The SMILES string of the molecule is Cc1ccc(NC(=O)CSCC(=O)NC(C(=O)O)C(C)C)cc1. The molecule has 1 rings (SSSR count). The molecule has 0 bridgehead atoms. The summed E-state index contributed by atoms with van der Waals surface area (Å²) in [5.74, 6) is -1.69. The van der Waals surface area contributed by atoms with Crippen LogP contribution < -0.4 is 10.6 Å². The third kappa shape index (κ3) is 7.19. The summed E-state index contributed by atoms with van der Waals surface area (Å²) in [6.45, 7) is 5.41. The maximum Gasteiger partial charge on any atom is 0.326 e. The van der Waals surface area contributed by atoms with Gasteiger partial charge in [-0.2, -0.15) is 0 Å². The van der Waals surface area contributed by atoms with E-state index in [0.717, 1.165) is 17.3 Å². The number of hydrogen-bond acceptors (Lipinski definition) is 4. The molecule has 7 heteroatoms. The molecule has 2 amide bonds. The van der Waals surface area contributed by atoms with Crippen LogP contribution in [-0.2, 0) is 14.4 Å². The molecule has 0 spiro atoms. The van der Waals surface area contributed by atoms with Crippen LogP contribution in [0, 0.1) is 12.8 Å². The van der Waals surface area contributed by atoms with Crippen molar-refractivity contribution < 1.29 is 19.5 Å². The second kappa shape index (κ2) is 9.19. The molecule has 0 aliphatic rings. The minimum atomic E-state index is -1.06. The van der Waals surface area contributed by atoms with Crippen molar-refractivity contribution in [2.24, 2.45) is 5.92 Å². The first-order valence-electron chi connectivity index (χ1n) is 7.26. The van der Waals surface area contributed by atoms with E-state index >= 15 is 0 Å². The third-order valence-corrected chi connectivity index (χ3v) is 3.98. The largest absolute Gasteiger partial charge is 0.480 e. The Morgan fingerprint density at radius 2 is 1.65 bits per heavy atom. The first kappa shape index (κ1) is 19.0. The minimum Gasteiger partial charge on any atom is -0.480 e. The Bertz CT molecular complexity index is 558. The molecule has 0 aliphatic carbocycles. The van der Waals surface area contributed by atoms with Gasteiger partial charge in [-0.1, -0.05) is 31.5 Å². The molecule has 1 aromatic rings. The number of benzene rings is 1. The standard InChI is InChI=1S/C16H22N2O4S/c1-10(2)15(16(21)22)18-14(20)9-23-8-13(19)17-12-6-4-11(3)5-7-12/h4-7,10,15H,8-9H2,1-3H3,(H,17,19)(H,18,20)(H,21,22). The van der Waals surface area contributed by atoms with E-state index in [2.05, 4.69) is 10.6 Å². The van der Waals surface area contributed by atoms with E-state index < -0.39 is 12.0 Å². The highest BCUT2D eigenvalue weighted by Crippen LogP contribution is 2.10. The Kier molecular flexibility index (Phi) is 7.61. The van der Waals surface area contributed by atoms with Crippen LogP contribution >= 0.6 is 11.8 Å². The monoisotopic (exact) mass is 338 g/mol. The molecule has 1 atom stereocenters. The second-order valence-electron chi connectivity index (χ2n) is 5.53. The molecule has 23 heavy (non-hydrogen) atoms. The normalized spacial score (nSPS) is 11.8. The zero-order valence-electron chi connectivity index (χ0n) is 13.5. The maximum absolute atomic E-state index is 11.8. The van der Waals surface area contributed by atoms with Crippen LogP contribution in [0.2, 0.25) is 0 Å². The summed E-state index contributed by atoms with van der Waals surface area (Å²) in [6, 6.07) is 6.50. The smallest absolute Gasteiger partial charge is 0.326 e. The fourth-order valence-electron chi connectivity index (χ4n) is 1.80. The highest BCUT2D eigenvalue weighted by Gasteiger charge is 2.23. The number of carboxylic acids is 1. The van der Waals surface area contributed by atoms with E-state index in [4.69, 9.17) is 5.11 Å². The summed E-state index contributed by atoms with van der Waals surface area (Å²) in [4.78, 5) is 34.5. The summed E-state index contributed by atoms with van der Waals surface area (Å²) in [6.07, 6.45) is 0. The van der Waals surface area contributed by atoms with Gasteiger partial charge in [-0.15, -0.1) is 11.8 Å². The number of nitrogens with one attached hydrogen (secondary N) is 2. The van der Waals surface area contributed by atoms with Crippen LogP contribution in [0.25, 0.3) is 0 Å². The van der Waals surface area contributed by atoms with Crippen molar-refractivity contribution in [3.63, 3.8) is 0 Å². The Hall–Kier alpha value is -2.02. The number of carbonyl (C=O) groups excluding carboxylic acids is 2. The first-order valence-corrected chi connectivity index (χ1v) is 8.41. The van der Waals surface area contributed by atoms with E-state index in [1.165, 1.54) is 0 Å². The van der Waals surface area contributed by atoms with Gasteiger partial charge in [-0.05, 0) is 25.0 Å². The molecule has 1 unspecified atom stereocenters. The molecule has 0 aromatic heterocycles. The van der Waals surface area contributed by atoms with Gasteiger partial charge in [0, 0.05) is 5.69 Å². The van der Waals surface area contributed by atoms with Crippen molar-refractivity contribution in [2.75, 3.05) is 16.8 Å². The molecule has 0 heterocycles. The topological polar surface area (TPSA) is 95.5 Å². The number of thioether (sulfide) groups is 1. The van der Waals surface area contributed by atoms with Gasteiger partial charge in [0.1, 0.15) is 6.04 Å². The highest BCUT2D eigenvalue weighted by atomic mass is 32.2. The van der Waals surface area contributed by atoms with Crippen molar-refractivity contribution in [3.05, 3.63) is 29.8 Å². The van der Waals surface area contributed by atoms with Gasteiger partial charge >= 0.3 is 5.97 Å². The molecule has 0 radical (unpaired) electrons. The molecular formula is C16H22N2O4S. The van der Waals surface area contributed by atoms with Crippen molar-refractivity contribution >= 4 is 35.2 Å². The predicted octanol–water partition coefficient (Wildman–Crippen LogP) is 1.89. The van der Waals surface area contributed by atoms with E-state index in [-0.39, 0.29) is 29.2 Å². The van der Waals surface area contributed by atoms with Gasteiger partial charge in [0.05, 0.1) is 11.5 Å². The van der Waals surface area contributed by atoms with Gasteiger partial charge in [-0.3, -0.25) is 9.59 Å². The van der Waals surface area contributed by atoms with Crippen molar-refractivity contribution in [1.29, 1.82) is 0 Å². The van der Waals surface area contributed by atoms with Crippen LogP contribution in [0.5, 0.6) is 0 Å². The van der Waals surface area contributed by atoms with Gasteiger partial charge in [0.15, 0.2) is 0 Å². The summed E-state index contributed by atoms with van der Waals surface area (Å²) >= 11 is 1.14. The van der Waals surface area contributed by atoms with E-state index in [1.54, 1.807) is 13.8 Å². The molecule has 3 N–H and O–H groups in total.